The molecule has 16 atom stereocenters. The van der Waals surface area contributed by atoms with Gasteiger partial charge in [0.25, 0.3) is 0 Å². The number of ether oxygens (including phenoxy) is 6. The third kappa shape index (κ3) is 12.0. The van der Waals surface area contributed by atoms with E-state index in [2.05, 4.69) is 12.2 Å². The maximum atomic E-state index is 11.8. The molecule has 0 aromatic heterocycles. The van der Waals surface area contributed by atoms with Gasteiger partial charge < -0.3 is 80.7 Å². The molecule has 0 aliphatic carbocycles. The molecule has 55 heavy (non-hydrogen) atoms. The van der Waals surface area contributed by atoms with Gasteiger partial charge in [0.15, 0.2) is 18.9 Å². The van der Waals surface area contributed by atoms with E-state index < -0.39 is 116 Å². The Balaban J connectivity index is 1.72. The van der Waals surface area contributed by atoms with Crippen LogP contribution in [0.5, 0.6) is 0 Å². The number of unbranched alkanes of at least 4 members (excludes halogenated alkanes) is 11. The van der Waals surface area contributed by atoms with Crippen LogP contribution in [-0.2, 0) is 28.4 Å². The Morgan fingerprint density at radius 2 is 1.25 bits per heavy atom. The lowest BCUT2D eigenvalue weighted by atomic mass is 9.68. The first-order valence-corrected chi connectivity index (χ1v) is 20.5. The average molecular weight is 798 g/mol. The van der Waals surface area contributed by atoms with Crippen LogP contribution in [0.3, 0.4) is 0 Å². The molecule has 0 bridgehead atoms. The lowest BCUT2D eigenvalue weighted by Gasteiger charge is -2.58. The summed E-state index contributed by atoms with van der Waals surface area (Å²) < 4.78 is 36.4. The predicted octanol–water partition coefficient (Wildman–Crippen LogP) is -0.419. The summed E-state index contributed by atoms with van der Waals surface area (Å²) in [6, 6.07) is -3.74. The van der Waals surface area contributed by atoms with Crippen molar-refractivity contribution in [1.82, 2.24) is 5.32 Å². The summed E-state index contributed by atoms with van der Waals surface area (Å²) in [5, 5.41) is 89.4. The molecule has 3 unspecified atom stereocenters. The predicted molar refractivity (Wildman–Crippen MR) is 201 cm³/mol. The van der Waals surface area contributed by atoms with Crippen molar-refractivity contribution < 1.29 is 69.3 Å². The summed E-state index contributed by atoms with van der Waals surface area (Å²) in [5.74, 6) is 0. The molecule has 3 saturated heterocycles. The number of hydrogen-bond donors (Lipinski definition) is 11. The number of hydrogen-bond acceptors (Lipinski definition) is 17. The maximum Gasteiger partial charge on any atom is 0.177 e. The highest BCUT2D eigenvalue weighted by Crippen LogP contribution is 2.44. The zero-order valence-electron chi connectivity index (χ0n) is 33.7. The highest BCUT2D eigenvalue weighted by Gasteiger charge is 2.65. The zero-order valence-corrected chi connectivity index (χ0v) is 33.7. The molecule has 0 spiro atoms. The zero-order chi connectivity index (χ0) is 41.0. The van der Waals surface area contributed by atoms with Crippen LogP contribution in [0.15, 0.2) is 0 Å². The average Bonchev–Trinajstić information content (AvgIpc) is 3.16. The van der Waals surface area contributed by atoms with Crippen molar-refractivity contribution in [2.45, 2.75) is 215 Å². The molecule has 3 fully saturated rings. The summed E-state index contributed by atoms with van der Waals surface area (Å²) in [5.41, 5.74) is 6.84. The first kappa shape index (κ1) is 48.7. The van der Waals surface area contributed by atoms with E-state index >= 15 is 0 Å². The van der Waals surface area contributed by atoms with Gasteiger partial charge in [0.05, 0.1) is 37.9 Å². The van der Waals surface area contributed by atoms with Gasteiger partial charge in [0, 0.05) is 6.61 Å². The second-order valence-electron chi connectivity index (χ2n) is 16.2. The molecule has 0 radical (unpaired) electrons. The normalized spacial score (nSPS) is 41.7. The first-order chi connectivity index (χ1) is 26.0. The van der Waals surface area contributed by atoms with Crippen LogP contribution in [-0.4, -0.2) is 164 Å². The lowest BCUT2D eigenvalue weighted by molar-refractivity contribution is -0.387. The first-order valence-electron chi connectivity index (χ1n) is 20.5. The molecular weight excluding hydrogens is 722 g/mol. The summed E-state index contributed by atoms with van der Waals surface area (Å²) in [6.07, 6.45) is 1.12. The van der Waals surface area contributed by atoms with Gasteiger partial charge in [-0.15, -0.1) is 0 Å². The Bertz CT molecular complexity index is 1070. The van der Waals surface area contributed by atoms with Crippen molar-refractivity contribution in [3.8, 4) is 0 Å². The molecular formula is C38H75N3O14. The highest BCUT2D eigenvalue weighted by atomic mass is 16.7. The SMILES string of the molecule is CCCCCCCCCCCCCCO[C@H]1C(O[C@@H]2O[C@H](CO)C(O[C@H]3O[C@](C)(CO)[C@@](C)(O)[C@](C)(O)[C@H]3N)[C@H](O)[C@H]2NC(O)CC)[C@@H](CO)O[C@@H](O)[C@@H]1N. The maximum absolute atomic E-state index is 11.8. The lowest BCUT2D eigenvalue weighted by Crippen LogP contribution is -2.79. The monoisotopic (exact) mass is 798 g/mol. The number of aliphatic hydroxyl groups excluding tert-OH is 6. The molecule has 3 rings (SSSR count). The molecule has 0 saturated carbocycles. The molecule has 3 heterocycles. The van der Waals surface area contributed by atoms with Gasteiger partial charge in [-0.3, -0.25) is 5.32 Å². The second-order valence-corrected chi connectivity index (χ2v) is 16.2. The van der Waals surface area contributed by atoms with Crippen LogP contribution in [0.25, 0.3) is 0 Å². The number of nitrogens with one attached hydrogen (secondary N) is 1. The van der Waals surface area contributed by atoms with E-state index in [0.29, 0.717) is 6.61 Å². The molecule has 0 aromatic carbocycles. The van der Waals surface area contributed by atoms with Gasteiger partial charge in [0.1, 0.15) is 59.7 Å². The third-order valence-corrected chi connectivity index (χ3v) is 12.0. The largest absolute Gasteiger partial charge is 0.394 e. The van der Waals surface area contributed by atoms with E-state index in [0.717, 1.165) is 25.7 Å². The summed E-state index contributed by atoms with van der Waals surface area (Å²) in [6.45, 7) is 6.11. The molecule has 3 aliphatic heterocycles. The summed E-state index contributed by atoms with van der Waals surface area (Å²) in [4.78, 5) is 0. The fraction of sp³-hybridized carbons (Fsp3) is 1.00. The minimum atomic E-state index is -2.06. The number of rotatable bonds is 24. The molecule has 0 amide bonds. The fourth-order valence-corrected chi connectivity index (χ4v) is 7.67. The Kier molecular flexibility index (Phi) is 20.0. The molecule has 0 aromatic rings. The van der Waals surface area contributed by atoms with Gasteiger partial charge in [-0.2, -0.15) is 0 Å². The van der Waals surface area contributed by atoms with Crippen molar-refractivity contribution in [2.75, 3.05) is 26.4 Å². The van der Waals surface area contributed by atoms with Crippen LogP contribution >= 0.6 is 0 Å². The van der Waals surface area contributed by atoms with Gasteiger partial charge in [0.2, 0.25) is 0 Å². The third-order valence-electron chi connectivity index (χ3n) is 12.0. The van der Waals surface area contributed by atoms with Crippen LogP contribution < -0.4 is 16.8 Å². The Morgan fingerprint density at radius 1 is 0.727 bits per heavy atom. The highest BCUT2D eigenvalue weighted by molar-refractivity contribution is 5.15. The molecule has 17 nitrogen and oxygen atoms in total. The van der Waals surface area contributed by atoms with Crippen LogP contribution in [0.4, 0.5) is 0 Å². The van der Waals surface area contributed by atoms with E-state index in [1.807, 2.05) is 0 Å². The quantitative estimate of drug-likeness (QED) is 0.0437. The van der Waals surface area contributed by atoms with Crippen molar-refractivity contribution >= 4 is 0 Å². The van der Waals surface area contributed by atoms with Gasteiger partial charge in [-0.05, 0) is 33.6 Å². The van der Waals surface area contributed by atoms with Gasteiger partial charge >= 0.3 is 0 Å². The standard InChI is InChI=1S/C38H75N3O14/c1-6-8-9-10-11-12-13-14-15-16-17-18-19-50-31-26(39)33(47)51-24(21-43)30(31)54-34-27(41-25(45)7-2)28(46)29(23(20-42)52-34)53-35-32(40)37(4,48)38(5,49)36(3,22-44)55-35/h23-35,41-49H,6-22,39-40H2,1-5H3/t23-,24-,25?,26-,27-,28-,29?,30?,31-,32+,33-,34+,35+,36-,37-,38-/m1/s1. The number of aliphatic hydroxyl groups is 8. The van der Waals surface area contributed by atoms with Crippen LogP contribution in [0, 0.1) is 0 Å². The van der Waals surface area contributed by atoms with E-state index in [1.54, 1.807) is 6.92 Å². The van der Waals surface area contributed by atoms with Crippen molar-refractivity contribution in [1.29, 1.82) is 0 Å². The molecule has 17 heteroatoms. The van der Waals surface area contributed by atoms with E-state index in [1.165, 1.54) is 72.1 Å². The Hall–Kier alpha value is -0.680. The number of nitrogens with two attached hydrogens (primary N) is 2. The van der Waals surface area contributed by atoms with Crippen molar-refractivity contribution in [3.05, 3.63) is 0 Å². The van der Waals surface area contributed by atoms with Crippen LogP contribution in [0.2, 0.25) is 0 Å². The summed E-state index contributed by atoms with van der Waals surface area (Å²) in [7, 11) is 0. The van der Waals surface area contributed by atoms with Crippen LogP contribution in [0.1, 0.15) is 118 Å². The Morgan fingerprint density at radius 3 is 1.78 bits per heavy atom. The van der Waals surface area contributed by atoms with E-state index in [4.69, 9.17) is 39.9 Å². The minimum absolute atomic E-state index is 0.210. The van der Waals surface area contributed by atoms with E-state index in [9.17, 15) is 40.9 Å². The molecule has 3 aliphatic rings. The van der Waals surface area contributed by atoms with Gasteiger partial charge in [-0.1, -0.05) is 84.5 Å². The second kappa shape index (κ2) is 22.6. The van der Waals surface area contributed by atoms with Crippen molar-refractivity contribution in [2.24, 2.45) is 11.5 Å². The topological polar surface area (TPSA) is 281 Å². The molecule has 13 N–H and O–H groups in total. The minimum Gasteiger partial charge on any atom is -0.394 e. The Labute approximate surface area is 326 Å². The molecule has 326 valence electrons. The summed E-state index contributed by atoms with van der Waals surface area (Å²) >= 11 is 0. The fourth-order valence-electron chi connectivity index (χ4n) is 7.67. The van der Waals surface area contributed by atoms with Gasteiger partial charge in [-0.25, -0.2) is 0 Å². The van der Waals surface area contributed by atoms with Crippen molar-refractivity contribution in [3.63, 3.8) is 0 Å². The smallest absolute Gasteiger partial charge is 0.177 e. The van der Waals surface area contributed by atoms with E-state index in [-0.39, 0.29) is 6.42 Å².